The summed E-state index contributed by atoms with van der Waals surface area (Å²) in [6, 6.07) is 27.9. The van der Waals surface area contributed by atoms with Crippen LogP contribution in [0.3, 0.4) is 0 Å². The van der Waals surface area contributed by atoms with Crippen LogP contribution in [0.1, 0.15) is 23.1 Å². The van der Waals surface area contributed by atoms with Gasteiger partial charge >= 0.3 is 5.92 Å². The van der Waals surface area contributed by atoms with E-state index in [0.29, 0.717) is 0 Å². The molecule has 1 saturated carbocycles. The topological polar surface area (TPSA) is 44.8 Å². The highest BCUT2D eigenvalue weighted by Gasteiger charge is 2.57. The molecule has 3 aromatic carbocycles. The number of carbonyl (C=O) groups is 1. The lowest BCUT2D eigenvalue weighted by Gasteiger charge is -2.39. The van der Waals surface area contributed by atoms with Crippen molar-refractivity contribution in [2.24, 2.45) is 5.92 Å². The van der Waals surface area contributed by atoms with Crippen molar-refractivity contribution in [2.75, 3.05) is 6.61 Å². The van der Waals surface area contributed by atoms with Gasteiger partial charge in [-0.15, -0.1) is 0 Å². The Balaban J connectivity index is 1.45. The molecule has 0 amide bonds. The zero-order chi connectivity index (χ0) is 23.8. The third kappa shape index (κ3) is 6.14. The highest BCUT2D eigenvalue weighted by Crippen LogP contribution is 2.39. The van der Waals surface area contributed by atoms with Gasteiger partial charge in [0.05, 0.1) is 38.4 Å². The first kappa shape index (κ1) is 24.2. The second kappa shape index (κ2) is 11.5. The fourth-order valence-electron chi connectivity index (χ4n) is 4.05. The van der Waals surface area contributed by atoms with Crippen LogP contribution in [0.4, 0.5) is 8.78 Å². The van der Waals surface area contributed by atoms with Crippen LogP contribution in [0.2, 0.25) is 0 Å². The molecule has 3 aromatic rings. The van der Waals surface area contributed by atoms with Crippen molar-refractivity contribution in [3.05, 3.63) is 108 Å². The molecule has 0 radical (unpaired) electrons. The number of hydrogen-bond donors (Lipinski definition) is 0. The molecule has 34 heavy (non-hydrogen) atoms. The molecule has 4 nitrogen and oxygen atoms in total. The van der Waals surface area contributed by atoms with Crippen molar-refractivity contribution >= 4 is 5.78 Å². The van der Waals surface area contributed by atoms with Crippen LogP contribution < -0.4 is 0 Å². The van der Waals surface area contributed by atoms with Gasteiger partial charge in [0.1, 0.15) is 6.10 Å². The van der Waals surface area contributed by atoms with E-state index < -0.39 is 29.8 Å². The molecule has 6 heteroatoms. The second-order valence-electron chi connectivity index (χ2n) is 8.47. The molecule has 178 valence electrons. The maximum atomic E-state index is 15.1. The number of rotatable bonds is 10. The van der Waals surface area contributed by atoms with Crippen molar-refractivity contribution in [1.82, 2.24) is 0 Å². The van der Waals surface area contributed by atoms with Gasteiger partial charge in [-0.2, -0.15) is 8.78 Å². The average Bonchev–Trinajstić information content (AvgIpc) is 2.87. The fraction of sp³-hybridized carbons (Fsp3) is 0.321. The predicted octanol–water partition coefficient (Wildman–Crippen LogP) is 5.60. The van der Waals surface area contributed by atoms with Crippen molar-refractivity contribution in [1.29, 1.82) is 0 Å². The second-order valence-corrected chi connectivity index (χ2v) is 8.47. The quantitative estimate of drug-likeness (QED) is 0.390. The molecule has 0 heterocycles. The molecule has 0 N–H and O–H groups in total. The molecule has 0 aromatic heterocycles. The number of ether oxygens (including phenoxy) is 3. The zero-order valence-corrected chi connectivity index (χ0v) is 18.8. The minimum atomic E-state index is -3.56. The summed E-state index contributed by atoms with van der Waals surface area (Å²) >= 11 is 0. The first-order chi connectivity index (χ1) is 16.5. The molecule has 0 saturated heterocycles. The molecule has 3 atom stereocenters. The molecular formula is C28H28F2O4. The number of halogens is 2. The summed E-state index contributed by atoms with van der Waals surface area (Å²) in [5.41, 5.74) is 2.58. The molecule has 0 spiro atoms. The van der Waals surface area contributed by atoms with E-state index in [0.717, 1.165) is 16.7 Å². The van der Waals surface area contributed by atoms with E-state index in [-0.39, 0.29) is 32.8 Å². The molecule has 0 bridgehead atoms. The molecule has 1 aliphatic carbocycles. The minimum Gasteiger partial charge on any atom is -0.376 e. The van der Waals surface area contributed by atoms with Gasteiger partial charge in [-0.3, -0.25) is 4.79 Å². The van der Waals surface area contributed by atoms with E-state index in [1.165, 1.54) is 0 Å². The van der Waals surface area contributed by atoms with Crippen LogP contribution in [0.25, 0.3) is 0 Å². The highest BCUT2D eigenvalue weighted by molar-refractivity contribution is 5.91. The largest absolute Gasteiger partial charge is 0.376 e. The summed E-state index contributed by atoms with van der Waals surface area (Å²) in [5, 5.41) is 0. The maximum Gasteiger partial charge on any atom is 0.313 e. The van der Waals surface area contributed by atoms with Crippen LogP contribution in [0.5, 0.6) is 0 Å². The van der Waals surface area contributed by atoms with Crippen molar-refractivity contribution < 1.29 is 27.8 Å². The van der Waals surface area contributed by atoms with Gasteiger partial charge in [-0.1, -0.05) is 91.0 Å². The Morgan fingerprint density at radius 1 is 0.706 bits per heavy atom. The maximum absolute atomic E-state index is 15.1. The van der Waals surface area contributed by atoms with E-state index in [9.17, 15) is 4.79 Å². The van der Waals surface area contributed by atoms with E-state index >= 15 is 8.78 Å². The Kier molecular flexibility index (Phi) is 8.16. The van der Waals surface area contributed by atoms with Crippen LogP contribution in [0.15, 0.2) is 91.0 Å². The van der Waals surface area contributed by atoms with Crippen molar-refractivity contribution in [3.63, 3.8) is 0 Å². The molecular weight excluding hydrogens is 438 g/mol. The van der Waals surface area contributed by atoms with E-state index in [1.807, 2.05) is 91.0 Å². The Morgan fingerprint density at radius 3 is 1.71 bits per heavy atom. The standard InChI is InChI=1S/C28H28F2O4/c29-28(30)24(20-32-17-21-10-4-1-5-11-21)16-25(33-18-22-12-6-2-7-13-22)26(27(28)31)34-19-23-14-8-3-9-15-23/h1-15,24-26H,16-20H2/t24-,25-,26+/m0/s1. The summed E-state index contributed by atoms with van der Waals surface area (Å²) in [7, 11) is 0. The lowest BCUT2D eigenvalue weighted by atomic mass is 9.81. The normalized spacial score (nSPS) is 21.9. The Bertz CT molecular complexity index is 1030. The SMILES string of the molecule is O=C1[C@H](OCc2ccccc2)[C@@H](OCc2ccccc2)C[C@@H](COCc2ccccc2)C1(F)F. The van der Waals surface area contributed by atoms with E-state index in [2.05, 4.69) is 0 Å². The van der Waals surface area contributed by atoms with Gasteiger partial charge in [-0.05, 0) is 23.1 Å². The summed E-state index contributed by atoms with van der Waals surface area (Å²) in [6.45, 7) is 0.205. The smallest absolute Gasteiger partial charge is 0.313 e. The summed E-state index contributed by atoms with van der Waals surface area (Å²) in [5.74, 6) is -6.10. The van der Waals surface area contributed by atoms with Gasteiger partial charge in [0.15, 0.2) is 0 Å². The predicted molar refractivity (Wildman–Crippen MR) is 124 cm³/mol. The third-order valence-corrected chi connectivity index (χ3v) is 5.96. The minimum absolute atomic E-state index is 0.0418. The van der Waals surface area contributed by atoms with Crippen LogP contribution in [0, 0.1) is 5.92 Å². The van der Waals surface area contributed by atoms with Gasteiger partial charge in [0, 0.05) is 0 Å². The third-order valence-electron chi connectivity index (χ3n) is 5.96. The molecule has 1 aliphatic rings. The van der Waals surface area contributed by atoms with Gasteiger partial charge in [0.2, 0.25) is 5.78 Å². The monoisotopic (exact) mass is 466 g/mol. The number of Topliss-reactive ketones (excluding diaryl/α,β-unsaturated/α-hetero) is 1. The summed E-state index contributed by atoms with van der Waals surface area (Å²) in [4.78, 5) is 12.9. The first-order valence-corrected chi connectivity index (χ1v) is 11.4. The number of carbonyl (C=O) groups excluding carboxylic acids is 1. The Labute approximate surface area is 198 Å². The van der Waals surface area contributed by atoms with Crippen LogP contribution >= 0.6 is 0 Å². The average molecular weight is 467 g/mol. The molecule has 0 unspecified atom stereocenters. The highest BCUT2D eigenvalue weighted by atomic mass is 19.3. The van der Waals surface area contributed by atoms with Crippen LogP contribution in [-0.2, 0) is 38.8 Å². The number of ketones is 1. The Hall–Kier alpha value is -2.93. The van der Waals surface area contributed by atoms with E-state index in [4.69, 9.17) is 14.2 Å². The van der Waals surface area contributed by atoms with Crippen LogP contribution in [-0.4, -0.2) is 30.5 Å². The number of hydrogen-bond acceptors (Lipinski definition) is 4. The molecule has 1 fully saturated rings. The van der Waals surface area contributed by atoms with Gasteiger partial charge in [0.25, 0.3) is 0 Å². The van der Waals surface area contributed by atoms with Crippen molar-refractivity contribution in [3.8, 4) is 0 Å². The van der Waals surface area contributed by atoms with Gasteiger partial charge in [-0.25, -0.2) is 0 Å². The Morgan fingerprint density at radius 2 is 1.18 bits per heavy atom. The number of alkyl halides is 2. The summed E-state index contributed by atoms with van der Waals surface area (Å²) < 4.78 is 47.6. The fourth-order valence-corrected chi connectivity index (χ4v) is 4.05. The lowest BCUT2D eigenvalue weighted by Crippen LogP contribution is -2.57. The molecule has 0 aliphatic heterocycles. The molecule has 4 rings (SSSR count). The zero-order valence-electron chi connectivity index (χ0n) is 18.8. The van der Waals surface area contributed by atoms with Gasteiger partial charge < -0.3 is 14.2 Å². The van der Waals surface area contributed by atoms with Crippen molar-refractivity contribution in [2.45, 2.75) is 44.4 Å². The first-order valence-electron chi connectivity index (χ1n) is 11.4. The summed E-state index contributed by atoms with van der Waals surface area (Å²) in [6.07, 6.45) is -2.20. The number of benzene rings is 3. The lowest BCUT2D eigenvalue weighted by molar-refractivity contribution is -0.201. The van der Waals surface area contributed by atoms with E-state index in [1.54, 1.807) is 0 Å².